The molecular formula is C34H53N5O4. The lowest BCUT2D eigenvalue weighted by atomic mass is 9.43. The summed E-state index contributed by atoms with van der Waals surface area (Å²) in [4.78, 5) is 27.4. The van der Waals surface area contributed by atoms with E-state index in [0.29, 0.717) is 41.9 Å². The minimum absolute atomic E-state index is 0.0688. The van der Waals surface area contributed by atoms with Gasteiger partial charge in [0, 0.05) is 24.3 Å². The Balaban J connectivity index is 1.28. The smallest absolute Gasteiger partial charge is 0.245 e. The predicted molar refractivity (Wildman–Crippen MR) is 167 cm³/mol. The van der Waals surface area contributed by atoms with Crippen LogP contribution in [0.25, 0.3) is 10.4 Å². The highest BCUT2D eigenvalue weighted by Crippen LogP contribution is 2.68. The molecule has 4 saturated carbocycles. The Morgan fingerprint density at radius 1 is 1.14 bits per heavy atom. The van der Waals surface area contributed by atoms with Crippen molar-refractivity contribution in [1.29, 1.82) is 0 Å². The maximum absolute atomic E-state index is 12.5. The molecule has 0 heterocycles. The third-order valence-corrected chi connectivity index (χ3v) is 12.3. The molecule has 0 aromatic heterocycles. The summed E-state index contributed by atoms with van der Waals surface area (Å²) < 4.78 is 0. The van der Waals surface area contributed by atoms with E-state index in [9.17, 15) is 19.8 Å². The molecule has 11 atom stereocenters. The maximum Gasteiger partial charge on any atom is 0.245 e. The van der Waals surface area contributed by atoms with Crippen LogP contribution in [0, 0.1) is 58.7 Å². The van der Waals surface area contributed by atoms with Gasteiger partial charge in [0.25, 0.3) is 0 Å². The second kappa shape index (κ2) is 14.5. The average Bonchev–Trinajstić information content (AvgIpc) is 3.33. The number of amides is 2. The number of terminal acetylenes is 1. The van der Waals surface area contributed by atoms with Crippen molar-refractivity contribution in [2.24, 2.45) is 51.5 Å². The maximum atomic E-state index is 12.5. The number of rotatable bonds is 12. The average molecular weight is 596 g/mol. The third kappa shape index (κ3) is 7.24. The zero-order valence-corrected chi connectivity index (χ0v) is 26.4. The van der Waals surface area contributed by atoms with Gasteiger partial charge >= 0.3 is 0 Å². The Bertz CT molecular complexity index is 1110. The second-order valence-electron chi connectivity index (χ2n) is 14.4. The number of carbonyl (C=O) groups is 2. The van der Waals surface area contributed by atoms with Crippen LogP contribution in [0.2, 0.25) is 0 Å². The molecule has 4 N–H and O–H groups in total. The van der Waals surface area contributed by atoms with E-state index in [0.717, 1.165) is 44.9 Å². The number of allylic oxidation sites excluding steroid dienone is 1. The van der Waals surface area contributed by atoms with Crippen LogP contribution in [-0.2, 0) is 9.59 Å². The van der Waals surface area contributed by atoms with Gasteiger partial charge in [0.1, 0.15) is 6.17 Å². The summed E-state index contributed by atoms with van der Waals surface area (Å²) in [6.07, 6.45) is 18.9. The number of azide groups is 1. The van der Waals surface area contributed by atoms with Gasteiger partial charge in [-0.15, -0.1) is 12.3 Å². The highest BCUT2D eigenvalue weighted by Gasteiger charge is 2.63. The van der Waals surface area contributed by atoms with Gasteiger partial charge in [-0.3, -0.25) is 9.59 Å². The van der Waals surface area contributed by atoms with Gasteiger partial charge < -0.3 is 20.8 Å². The van der Waals surface area contributed by atoms with Crippen LogP contribution >= 0.6 is 0 Å². The molecule has 4 rings (SSSR count). The fourth-order valence-electron chi connectivity index (χ4n) is 10.0. The van der Waals surface area contributed by atoms with Crippen LogP contribution in [0.5, 0.6) is 0 Å². The molecule has 0 saturated heterocycles. The molecule has 2 unspecified atom stereocenters. The number of nitrogens with zero attached hydrogens (tertiary/aromatic N) is 3. The van der Waals surface area contributed by atoms with Crippen molar-refractivity contribution in [3.05, 3.63) is 22.6 Å². The van der Waals surface area contributed by atoms with Gasteiger partial charge in [0.2, 0.25) is 11.8 Å². The van der Waals surface area contributed by atoms with Crippen molar-refractivity contribution >= 4 is 11.8 Å². The van der Waals surface area contributed by atoms with Crippen molar-refractivity contribution in [3.63, 3.8) is 0 Å². The molecule has 9 nitrogen and oxygen atoms in total. The van der Waals surface area contributed by atoms with E-state index in [4.69, 9.17) is 12.0 Å². The first-order valence-corrected chi connectivity index (χ1v) is 16.6. The molecule has 0 aromatic carbocycles. The Kier molecular flexibility index (Phi) is 11.3. The summed E-state index contributed by atoms with van der Waals surface area (Å²) in [5, 5.41) is 31.0. The van der Waals surface area contributed by atoms with E-state index in [1.165, 1.54) is 25.3 Å². The molecule has 0 bridgehead atoms. The molecule has 4 aliphatic rings. The predicted octanol–water partition coefficient (Wildman–Crippen LogP) is 5.62. The monoisotopic (exact) mass is 595 g/mol. The molecule has 0 radical (unpaired) electrons. The van der Waals surface area contributed by atoms with Crippen molar-refractivity contribution < 1.29 is 19.8 Å². The van der Waals surface area contributed by atoms with Crippen molar-refractivity contribution in [2.75, 3.05) is 6.54 Å². The molecule has 43 heavy (non-hydrogen) atoms. The van der Waals surface area contributed by atoms with Gasteiger partial charge in [0.05, 0.1) is 12.2 Å². The summed E-state index contributed by atoms with van der Waals surface area (Å²) >= 11 is 0. The van der Waals surface area contributed by atoms with E-state index >= 15 is 0 Å². The molecular weight excluding hydrogens is 542 g/mol. The van der Waals surface area contributed by atoms with Crippen LogP contribution in [0.15, 0.2) is 17.3 Å². The zero-order valence-electron chi connectivity index (χ0n) is 26.4. The molecule has 0 spiro atoms. The van der Waals surface area contributed by atoms with Gasteiger partial charge in [-0.1, -0.05) is 32.0 Å². The highest BCUT2D eigenvalue weighted by atomic mass is 16.3. The SMILES string of the molecule is C#CCC(NC(=O)C=CCC[C@@H](C)[C@H]1CC[C@H]2[C@@H]3CC[C@@H]4C[C@H](O)CC[C@]4(C)[C@H]3CC(O)[C@]12C)NC(=O)CCCN=[N+]=[N-]. The molecule has 4 aliphatic carbocycles. The Morgan fingerprint density at radius 3 is 2.67 bits per heavy atom. The van der Waals surface area contributed by atoms with Crippen LogP contribution in [-0.4, -0.2) is 46.9 Å². The Hall–Kier alpha value is -2.53. The normalized spacial score (nSPS) is 38.0. The number of nitrogens with one attached hydrogen (secondary N) is 2. The summed E-state index contributed by atoms with van der Waals surface area (Å²) in [6.45, 7) is 7.38. The van der Waals surface area contributed by atoms with Crippen LogP contribution < -0.4 is 10.6 Å². The first-order valence-electron chi connectivity index (χ1n) is 16.6. The second-order valence-corrected chi connectivity index (χ2v) is 14.4. The van der Waals surface area contributed by atoms with Crippen molar-refractivity contribution in [1.82, 2.24) is 10.6 Å². The summed E-state index contributed by atoms with van der Waals surface area (Å²) in [5.41, 5.74) is 8.51. The van der Waals surface area contributed by atoms with Gasteiger partial charge in [-0.2, -0.15) is 0 Å². The molecule has 0 aromatic rings. The van der Waals surface area contributed by atoms with E-state index in [1.807, 2.05) is 6.08 Å². The first kappa shape index (κ1) is 33.4. The number of aliphatic hydroxyl groups excluding tert-OH is 2. The van der Waals surface area contributed by atoms with Gasteiger partial charge in [-0.25, -0.2) is 0 Å². The lowest BCUT2D eigenvalue weighted by molar-refractivity contribution is -0.174. The van der Waals surface area contributed by atoms with Gasteiger partial charge in [0.15, 0.2) is 0 Å². The van der Waals surface area contributed by atoms with Crippen molar-refractivity contribution in [3.8, 4) is 12.3 Å². The molecule has 0 aliphatic heterocycles. The number of hydrogen-bond donors (Lipinski definition) is 4. The number of fused-ring (bicyclic) bond motifs is 5. The van der Waals surface area contributed by atoms with E-state index in [-0.39, 0.29) is 54.2 Å². The third-order valence-electron chi connectivity index (χ3n) is 12.3. The molecule has 2 amide bonds. The largest absolute Gasteiger partial charge is 0.393 e. The Labute approximate surface area is 257 Å². The zero-order chi connectivity index (χ0) is 31.2. The summed E-state index contributed by atoms with van der Waals surface area (Å²) in [6, 6.07) is 0. The topological polar surface area (TPSA) is 147 Å². The van der Waals surface area contributed by atoms with Gasteiger partial charge in [-0.05, 0) is 129 Å². The fourth-order valence-corrected chi connectivity index (χ4v) is 10.0. The number of hydrogen-bond acceptors (Lipinski definition) is 5. The minimum atomic E-state index is -0.656. The molecule has 9 heteroatoms. The highest BCUT2D eigenvalue weighted by molar-refractivity contribution is 5.88. The number of aliphatic hydroxyl groups is 2. The van der Waals surface area contributed by atoms with Crippen LogP contribution in [0.3, 0.4) is 0 Å². The first-order chi connectivity index (χ1) is 20.5. The van der Waals surface area contributed by atoms with E-state index < -0.39 is 6.17 Å². The van der Waals surface area contributed by atoms with Crippen LogP contribution in [0.4, 0.5) is 0 Å². The summed E-state index contributed by atoms with van der Waals surface area (Å²) in [5.74, 6) is 5.19. The fraction of sp³-hybridized carbons (Fsp3) is 0.824. The minimum Gasteiger partial charge on any atom is -0.393 e. The lowest BCUT2D eigenvalue weighted by Gasteiger charge is -2.62. The quantitative estimate of drug-likeness (QED) is 0.0441. The number of carbonyl (C=O) groups excluding carboxylic acids is 2. The Morgan fingerprint density at radius 2 is 1.93 bits per heavy atom. The van der Waals surface area contributed by atoms with E-state index in [2.05, 4.69) is 47.4 Å². The van der Waals surface area contributed by atoms with Crippen molar-refractivity contribution in [2.45, 2.75) is 123 Å². The standard InChI is InChI=1S/C34H53N5O4/c1-5-9-30(38-32(43)12-8-19-36-39-35)37-31(42)11-7-6-10-22(2)26-15-16-27-25-14-13-23-20-24(40)17-18-33(23,3)28(25)21-29(41)34(26,27)4/h1,7,11,22-30,40-41H,6,8-10,12-21H2,2-4H3,(H,37,42)(H,38,43)/t22-,23-,24-,25+,26-,27+,28+,29?,30?,33+,34-/m1/s1. The van der Waals surface area contributed by atoms with Crippen LogP contribution in [0.1, 0.15) is 104 Å². The molecule has 238 valence electrons. The molecule has 4 fully saturated rings. The lowest BCUT2D eigenvalue weighted by Crippen LogP contribution is -2.58. The van der Waals surface area contributed by atoms with E-state index in [1.54, 1.807) is 0 Å². The summed E-state index contributed by atoms with van der Waals surface area (Å²) in [7, 11) is 0.